The fourth-order valence-corrected chi connectivity index (χ4v) is 4.39. The minimum absolute atomic E-state index is 0.00242. The number of likely N-dealkylation sites (N-methyl/N-ethyl adjacent to an activating group) is 2. The maximum atomic E-state index is 13.4. The number of nitrogens with zero attached hydrogens (tertiary/aromatic N) is 5. The molecule has 1 atom stereocenters. The monoisotopic (exact) mass is 419 g/mol. The highest BCUT2D eigenvalue weighted by Crippen LogP contribution is 2.22. The molecular weight excluding hydrogens is 386 g/mol. The number of hydrogen-bond acceptors (Lipinski definition) is 4. The summed E-state index contributed by atoms with van der Waals surface area (Å²) in [5, 5.41) is 0. The van der Waals surface area contributed by atoms with E-state index in [1.54, 1.807) is 4.90 Å². The molecule has 0 aliphatic carbocycles. The van der Waals surface area contributed by atoms with Crippen LogP contribution in [0.15, 0.2) is 48.7 Å². The number of hydrogen-bond donors (Lipinski definition) is 0. The quantitative estimate of drug-likeness (QED) is 0.590. The van der Waals surface area contributed by atoms with Gasteiger partial charge in [-0.15, -0.1) is 0 Å². The molecule has 6 nitrogen and oxygen atoms in total. The molecule has 1 saturated heterocycles. The van der Waals surface area contributed by atoms with E-state index in [2.05, 4.69) is 53.4 Å². The largest absolute Gasteiger partial charge is 0.340 e. The van der Waals surface area contributed by atoms with Gasteiger partial charge in [0.1, 0.15) is 5.65 Å². The summed E-state index contributed by atoms with van der Waals surface area (Å²) in [7, 11) is 6.16. The summed E-state index contributed by atoms with van der Waals surface area (Å²) in [6.45, 7) is 5.52. The minimum atomic E-state index is -0.00242. The lowest BCUT2D eigenvalue weighted by Crippen LogP contribution is -2.33. The summed E-state index contributed by atoms with van der Waals surface area (Å²) < 4.78 is 2.11. The Morgan fingerprint density at radius 1 is 1.13 bits per heavy atom. The number of likely N-dealkylation sites (tertiary alicyclic amines) is 1. The SMILES string of the molecule is Cc1cccn2c(CN3CC[C@H](N(C)C)C3)c(C(=O)N(C)CCc3ccccc3)nc12. The molecule has 0 unspecified atom stereocenters. The second-order valence-electron chi connectivity index (χ2n) is 8.90. The Bertz CT molecular complexity index is 1040. The Kier molecular flexibility index (Phi) is 6.39. The topological polar surface area (TPSA) is 44.1 Å². The Morgan fingerprint density at radius 3 is 2.61 bits per heavy atom. The van der Waals surface area contributed by atoms with Gasteiger partial charge in [-0.3, -0.25) is 9.69 Å². The molecule has 1 aliphatic rings. The lowest BCUT2D eigenvalue weighted by molar-refractivity contribution is 0.0789. The van der Waals surface area contributed by atoms with Crippen molar-refractivity contribution in [1.82, 2.24) is 24.1 Å². The van der Waals surface area contributed by atoms with E-state index in [9.17, 15) is 4.79 Å². The van der Waals surface area contributed by atoms with E-state index in [1.807, 2.05) is 37.5 Å². The van der Waals surface area contributed by atoms with E-state index in [0.717, 1.165) is 49.4 Å². The summed E-state index contributed by atoms with van der Waals surface area (Å²) in [6.07, 6.45) is 4.02. The van der Waals surface area contributed by atoms with E-state index in [-0.39, 0.29) is 5.91 Å². The first kappa shape index (κ1) is 21.5. The van der Waals surface area contributed by atoms with Crippen LogP contribution < -0.4 is 0 Å². The molecule has 4 rings (SSSR count). The van der Waals surface area contributed by atoms with Crippen LogP contribution in [0.3, 0.4) is 0 Å². The van der Waals surface area contributed by atoms with Crippen LogP contribution in [0.1, 0.15) is 33.7 Å². The number of imidazole rings is 1. The molecule has 6 heteroatoms. The molecular formula is C25H33N5O. The molecule has 2 aromatic heterocycles. The van der Waals surface area contributed by atoms with E-state index in [4.69, 9.17) is 4.98 Å². The van der Waals surface area contributed by atoms with Gasteiger partial charge in [0, 0.05) is 45.5 Å². The predicted molar refractivity (Wildman–Crippen MR) is 124 cm³/mol. The third-order valence-electron chi connectivity index (χ3n) is 6.42. The lowest BCUT2D eigenvalue weighted by Gasteiger charge is -2.21. The van der Waals surface area contributed by atoms with Crippen molar-refractivity contribution in [3.8, 4) is 0 Å². The predicted octanol–water partition coefficient (Wildman–Crippen LogP) is 3.09. The van der Waals surface area contributed by atoms with Crippen LogP contribution in [-0.4, -0.2) is 76.8 Å². The molecule has 164 valence electrons. The number of benzene rings is 1. The maximum absolute atomic E-state index is 13.4. The van der Waals surface area contributed by atoms with Gasteiger partial charge in [-0.2, -0.15) is 0 Å². The summed E-state index contributed by atoms with van der Waals surface area (Å²) in [4.78, 5) is 24.8. The first-order valence-electron chi connectivity index (χ1n) is 11.1. The van der Waals surface area contributed by atoms with E-state index in [0.29, 0.717) is 18.3 Å². The average Bonchev–Trinajstić information content (AvgIpc) is 3.39. The van der Waals surface area contributed by atoms with Crippen molar-refractivity contribution in [3.05, 3.63) is 71.2 Å². The summed E-state index contributed by atoms with van der Waals surface area (Å²) in [5.74, 6) is -0.00242. The molecule has 31 heavy (non-hydrogen) atoms. The van der Waals surface area contributed by atoms with Crippen LogP contribution in [0.4, 0.5) is 0 Å². The van der Waals surface area contributed by atoms with E-state index < -0.39 is 0 Å². The third kappa shape index (κ3) is 4.65. The van der Waals surface area contributed by atoms with Crippen LogP contribution in [0, 0.1) is 6.92 Å². The minimum Gasteiger partial charge on any atom is -0.340 e. The fraction of sp³-hybridized carbons (Fsp3) is 0.440. The van der Waals surface area contributed by atoms with Gasteiger partial charge in [0.05, 0.1) is 5.69 Å². The second-order valence-corrected chi connectivity index (χ2v) is 8.90. The van der Waals surface area contributed by atoms with Gasteiger partial charge in [-0.05, 0) is 51.1 Å². The van der Waals surface area contributed by atoms with Crippen molar-refractivity contribution in [2.45, 2.75) is 32.4 Å². The van der Waals surface area contributed by atoms with Gasteiger partial charge in [0.25, 0.3) is 5.91 Å². The third-order valence-corrected chi connectivity index (χ3v) is 6.42. The molecule has 1 amide bonds. The van der Waals surface area contributed by atoms with Crippen molar-refractivity contribution in [1.29, 1.82) is 0 Å². The number of carbonyl (C=O) groups excluding carboxylic acids is 1. The Morgan fingerprint density at radius 2 is 1.90 bits per heavy atom. The number of pyridine rings is 1. The fourth-order valence-electron chi connectivity index (χ4n) is 4.39. The van der Waals surface area contributed by atoms with E-state index in [1.165, 1.54) is 5.56 Å². The van der Waals surface area contributed by atoms with Crippen molar-refractivity contribution in [3.63, 3.8) is 0 Å². The highest BCUT2D eigenvalue weighted by molar-refractivity contribution is 5.94. The summed E-state index contributed by atoms with van der Waals surface area (Å²) in [6, 6.07) is 15.0. The van der Waals surface area contributed by atoms with Crippen LogP contribution in [0.2, 0.25) is 0 Å². The van der Waals surface area contributed by atoms with Crippen LogP contribution in [0.5, 0.6) is 0 Å². The number of carbonyl (C=O) groups is 1. The molecule has 0 spiro atoms. The molecule has 0 saturated carbocycles. The zero-order valence-electron chi connectivity index (χ0n) is 19.1. The molecule has 1 aliphatic heterocycles. The Hall–Kier alpha value is -2.70. The van der Waals surface area contributed by atoms with Crippen LogP contribution in [0.25, 0.3) is 5.65 Å². The summed E-state index contributed by atoms with van der Waals surface area (Å²) in [5.41, 5.74) is 4.77. The number of fused-ring (bicyclic) bond motifs is 1. The maximum Gasteiger partial charge on any atom is 0.274 e. The highest BCUT2D eigenvalue weighted by Gasteiger charge is 2.28. The van der Waals surface area contributed by atoms with Gasteiger partial charge in [-0.1, -0.05) is 36.4 Å². The van der Waals surface area contributed by atoms with Gasteiger partial charge < -0.3 is 14.2 Å². The zero-order valence-corrected chi connectivity index (χ0v) is 19.1. The molecule has 0 radical (unpaired) electrons. The van der Waals surface area contributed by atoms with Gasteiger partial charge >= 0.3 is 0 Å². The van der Waals surface area contributed by atoms with Crippen LogP contribution >= 0.6 is 0 Å². The average molecular weight is 420 g/mol. The molecule has 3 aromatic rings. The van der Waals surface area contributed by atoms with Crippen molar-refractivity contribution >= 4 is 11.6 Å². The summed E-state index contributed by atoms with van der Waals surface area (Å²) >= 11 is 0. The van der Waals surface area contributed by atoms with Gasteiger partial charge in [0.2, 0.25) is 0 Å². The Labute approximate surface area is 185 Å². The van der Waals surface area contributed by atoms with Crippen molar-refractivity contribution in [2.24, 2.45) is 0 Å². The second kappa shape index (κ2) is 9.20. The first-order valence-corrected chi connectivity index (χ1v) is 11.1. The Balaban J connectivity index is 1.58. The normalized spacial score (nSPS) is 17.0. The first-order chi connectivity index (χ1) is 14.9. The standard InChI is InChI=1S/C25H33N5O/c1-19-9-8-14-30-22(18-29-16-13-21(17-29)27(2)3)23(26-24(19)30)25(31)28(4)15-12-20-10-6-5-7-11-20/h5-11,14,21H,12-13,15-18H2,1-4H3/t21-/m0/s1. The highest BCUT2D eigenvalue weighted by atomic mass is 16.2. The molecule has 0 bridgehead atoms. The zero-order chi connectivity index (χ0) is 22.0. The molecule has 1 aromatic carbocycles. The number of aromatic nitrogens is 2. The molecule has 0 N–H and O–H groups in total. The van der Waals surface area contributed by atoms with Gasteiger partial charge in [0.15, 0.2) is 5.69 Å². The smallest absolute Gasteiger partial charge is 0.274 e. The number of aryl methyl sites for hydroxylation is 1. The van der Waals surface area contributed by atoms with Crippen molar-refractivity contribution in [2.75, 3.05) is 40.8 Å². The van der Waals surface area contributed by atoms with Crippen molar-refractivity contribution < 1.29 is 4.79 Å². The molecule has 3 heterocycles. The van der Waals surface area contributed by atoms with Gasteiger partial charge in [-0.25, -0.2) is 4.98 Å². The number of rotatable bonds is 7. The van der Waals surface area contributed by atoms with Crippen LogP contribution in [-0.2, 0) is 13.0 Å². The molecule has 1 fully saturated rings. The lowest BCUT2D eigenvalue weighted by atomic mass is 10.1. The van der Waals surface area contributed by atoms with E-state index >= 15 is 0 Å². The number of amides is 1.